The van der Waals surface area contributed by atoms with Gasteiger partial charge in [0.25, 0.3) is 0 Å². The van der Waals surface area contributed by atoms with Crippen molar-refractivity contribution < 1.29 is 13.9 Å². The second-order valence-electron chi connectivity index (χ2n) is 6.90. The lowest BCUT2D eigenvalue weighted by Crippen LogP contribution is -2.27. The number of fused-ring (bicyclic) bond motifs is 1. The van der Waals surface area contributed by atoms with E-state index in [0.29, 0.717) is 11.3 Å². The number of hydrogen-bond acceptors (Lipinski definition) is 3. The predicted octanol–water partition coefficient (Wildman–Crippen LogP) is 6.58. The van der Waals surface area contributed by atoms with Crippen LogP contribution in [0.5, 0.6) is 0 Å². The van der Waals surface area contributed by atoms with E-state index in [1.54, 1.807) is 32.2 Å². The van der Waals surface area contributed by atoms with Crippen LogP contribution in [0.15, 0.2) is 77.4 Å². The lowest BCUT2D eigenvalue weighted by molar-refractivity contribution is 0.00525. The SMILES string of the molecule is CC#CC(C)(OC(=O)c1ccc(-[s+]2c(C)cc3ccccc32)cc1)c1ccco1. The van der Waals surface area contributed by atoms with Crippen molar-refractivity contribution in [2.75, 3.05) is 0 Å². The molecule has 2 aromatic heterocycles. The summed E-state index contributed by atoms with van der Waals surface area (Å²) >= 11 is 0. The Bertz CT molecular complexity index is 1220. The number of rotatable bonds is 4. The molecule has 4 heteroatoms. The molecule has 2 aromatic carbocycles. The van der Waals surface area contributed by atoms with Crippen molar-refractivity contribution in [3.63, 3.8) is 0 Å². The molecule has 0 radical (unpaired) electrons. The molecule has 0 aliphatic heterocycles. The van der Waals surface area contributed by atoms with Gasteiger partial charge in [-0.05, 0) is 68.3 Å². The molecule has 0 saturated heterocycles. The first-order chi connectivity index (χ1) is 14.0. The van der Waals surface area contributed by atoms with Gasteiger partial charge in [-0.1, -0.05) is 12.1 Å². The van der Waals surface area contributed by atoms with Crippen LogP contribution in [0.1, 0.15) is 34.8 Å². The predicted molar refractivity (Wildman–Crippen MR) is 117 cm³/mol. The Morgan fingerprint density at radius 1 is 1.07 bits per heavy atom. The smallest absolute Gasteiger partial charge is 0.340 e. The highest BCUT2D eigenvalue weighted by atomic mass is 32.2. The summed E-state index contributed by atoms with van der Waals surface area (Å²) < 4.78 is 12.5. The average Bonchev–Trinajstić information content (AvgIpc) is 3.36. The largest absolute Gasteiger partial charge is 0.464 e. The average molecular weight is 402 g/mol. The van der Waals surface area contributed by atoms with Crippen LogP contribution in [0.2, 0.25) is 0 Å². The van der Waals surface area contributed by atoms with Crippen molar-refractivity contribution in [2.45, 2.75) is 26.4 Å². The second kappa shape index (κ2) is 7.62. The number of thiophene rings is 1. The Morgan fingerprint density at radius 2 is 1.83 bits per heavy atom. The summed E-state index contributed by atoms with van der Waals surface area (Å²) in [5.74, 6) is 5.84. The third kappa shape index (κ3) is 3.57. The maximum atomic E-state index is 12.8. The molecule has 0 saturated carbocycles. The number of carbonyl (C=O) groups excluding carboxylic acids is 1. The highest BCUT2D eigenvalue weighted by Gasteiger charge is 2.32. The van der Waals surface area contributed by atoms with Crippen LogP contribution < -0.4 is 0 Å². The number of furan rings is 1. The fourth-order valence-electron chi connectivity index (χ4n) is 3.45. The van der Waals surface area contributed by atoms with Crippen LogP contribution in [0.25, 0.3) is 15.0 Å². The highest BCUT2D eigenvalue weighted by Crippen LogP contribution is 2.43. The molecule has 0 fully saturated rings. The molecule has 2 unspecified atom stereocenters. The zero-order chi connectivity index (χ0) is 20.4. The van der Waals surface area contributed by atoms with E-state index in [-0.39, 0.29) is 10.5 Å². The molecule has 0 aliphatic carbocycles. The summed E-state index contributed by atoms with van der Waals surface area (Å²) in [6, 6.07) is 21.8. The molecule has 3 nitrogen and oxygen atoms in total. The number of esters is 1. The van der Waals surface area contributed by atoms with E-state index in [2.05, 4.69) is 49.1 Å². The molecule has 2 heterocycles. The molecule has 2 atom stereocenters. The molecule has 0 N–H and O–H groups in total. The molecule has 0 spiro atoms. The van der Waals surface area contributed by atoms with Crippen LogP contribution in [0.3, 0.4) is 0 Å². The minimum Gasteiger partial charge on any atom is -0.464 e. The fourth-order valence-corrected chi connectivity index (χ4v) is 5.65. The minimum absolute atomic E-state index is 0.107. The third-order valence-corrected chi connectivity index (χ3v) is 7.11. The molecule has 4 rings (SSSR count). The Hall–Kier alpha value is -3.29. The Labute approximate surface area is 172 Å². The van der Waals surface area contributed by atoms with Crippen molar-refractivity contribution >= 4 is 26.5 Å². The first-order valence-corrected chi connectivity index (χ1v) is 10.6. The lowest BCUT2D eigenvalue weighted by Gasteiger charge is -2.21. The van der Waals surface area contributed by atoms with Crippen molar-refractivity contribution in [1.82, 2.24) is 0 Å². The zero-order valence-electron chi connectivity index (χ0n) is 16.6. The number of ether oxygens (including phenoxy) is 1. The molecular weight excluding hydrogens is 380 g/mol. The number of hydrogen-bond donors (Lipinski definition) is 0. The Kier molecular flexibility index (Phi) is 5.00. The highest BCUT2D eigenvalue weighted by molar-refractivity contribution is 7.45. The van der Waals surface area contributed by atoms with Gasteiger partial charge in [-0.25, -0.2) is 4.79 Å². The molecule has 0 bridgehead atoms. The summed E-state index contributed by atoms with van der Waals surface area (Å²) in [7, 11) is -0.107. The molecular formula is C25H21O3S+. The summed E-state index contributed by atoms with van der Waals surface area (Å²) in [4.78, 5) is 15.3. The van der Waals surface area contributed by atoms with E-state index in [0.717, 1.165) is 0 Å². The van der Waals surface area contributed by atoms with Gasteiger partial charge in [0.05, 0.1) is 11.8 Å². The summed E-state index contributed by atoms with van der Waals surface area (Å²) in [5, 5.41) is 1.27. The standard InChI is InChI=1S/C25H21O3S/c1-4-15-25(3,23-10-7-16-27-23)28-24(26)19-11-13-21(14-12-19)29-18(2)17-20-8-5-6-9-22(20)29/h5-14,16-17H,1-3H3/q+1. The number of benzene rings is 2. The Balaban J connectivity index is 1.63. The van der Waals surface area contributed by atoms with Gasteiger partial charge in [0.15, 0.2) is 20.2 Å². The van der Waals surface area contributed by atoms with Crippen LogP contribution in [-0.2, 0) is 10.3 Å². The van der Waals surface area contributed by atoms with Gasteiger partial charge in [0, 0.05) is 28.8 Å². The summed E-state index contributed by atoms with van der Waals surface area (Å²) in [6.07, 6.45) is 1.55. The number of carbonyl (C=O) groups is 1. The molecule has 4 aromatic rings. The van der Waals surface area contributed by atoms with Crippen LogP contribution >= 0.6 is 10.5 Å². The fraction of sp³-hybridized carbons (Fsp3) is 0.160. The van der Waals surface area contributed by atoms with Crippen LogP contribution in [0, 0.1) is 18.8 Å². The second-order valence-corrected chi connectivity index (χ2v) is 9.07. The maximum Gasteiger partial charge on any atom is 0.340 e. The molecule has 29 heavy (non-hydrogen) atoms. The van der Waals surface area contributed by atoms with Gasteiger partial charge >= 0.3 is 5.97 Å². The monoisotopic (exact) mass is 401 g/mol. The first-order valence-electron chi connectivity index (χ1n) is 9.35. The van der Waals surface area contributed by atoms with Crippen molar-refractivity contribution in [3.8, 4) is 16.7 Å². The number of aryl methyl sites for hydroxylation is 1. The van der Waals surface area contributed by atoms with E-state index in [1.165, 1.54) is 19.9 Å². The summed E-state index contributed by atoms with van der Waals surface area (Å²) in [6.45, 7) is 5.60. The van der Waals surface area contributed by atoms with Gasteiger partial charge in [-0.2, -0.15) is 0 Å². The van der Waals surface area contributed by atoms with Crippen LogP contribution in [0.4, 0.5) is 0 Å². The van der Waals surface area contributed by atoms with Gasteiger partial charge in [-0.3, -0.25) is 0 Å². The van der Waals surface area contributed by atoms with Crippen molar-refractivity contribution in [2.24, 2.45) is 0 Å². The van der Waals surface area contributed by atoms with Crippen molar-refractivity contribution in [3.05, 3.63) is 89.2 Å². The first kappa shape index (κ1) is 19.0. The molecule has 144 valence electrons. The van der Waals surface area contributed by atoms with Crippen molar-refractivity contribution in [1.29, 1.82) is 0 Å². The van der Waals surface area contributed by atoms with Gasteiger partial charge in [0.1, 0.15) is 0 Å². The van der Waals surface area contributed by atoms with E-state index in [9.17, 15) is 4.79 Å². The topological polar surface area (TPSA) is 39.4 Å². The zero-order valence-corrected chi connectivity index (χ0v) is 17.4. The van der Waals surface area contributed by atoms with E-state index < -0.39 is 11.6 Å². The minimum atomic E-state index is -1.13. The van der Waals surface area contributed by atoms with Crippen LogP contribution in [-0.4, -0.2) is 5.97 Å². The third-order valence-electron chi connectivity index (χ3n) is 4.80. The Morgan fingerprint density at radius 3 is 2.52 bits per heavy atom. The van der Waals surface area contributed by atoms with Gasteiger partial charge in [0.2, 0.25) is 5.60 Å². The van der Waals surface area contributed by atoms with E-state index in [1.807, 2.05) is 24.3 Å². The summed E-state index contributed by atoms with van der Waals surface area (Å²) in [5.41, 5.74) is -0.637. The van der Waals surface area contributed by atoms with Gasteiger partial charge in [-0.15, -0.1) is 5.92 Å². The molecule has 0 amide bonds. The normalized spacial score (nSPS) is 13.4. The lowest BCUT2D eigenvalue weighted by atomic mass is 10.0. The van der Waals surface area contributed by atoms with Gasteiger partial charge < -0.3 is 9.15 Å². The quantitative estimate of drug-likeness (QED) is 0.220. The van der Waals surface area contributed by atoms with E-state index >= 15 is 0 Å². The van der Waals surface area contributed by atoms with E-state index in [4.69, 9.17) is 9.15 Å². The molecule has 0 aliphatic rings. The maximum absolute atomic E-state index is 12.8.